The van der Waals surface area contributed by atoms with E-state index in [-0.39, 0.29) is 39.6 Å². The standard InChI is InChI=1S/C7H3BrClFN2.C7H6BrClFN.HNO2.Na/c8-6-3-2-11-12-5(3)1-4(10)7(6)9;1-3-5(11)2-4(10)7(9)6(3)8;2-1-3;/h1-2H,(H,11,12);2H,11H2,1H3;(H,2,3);/q;;;+1/p-1. The Labute approximate surface area is 201 Å². The zero-order chi connectivity index (χ0) is 20.0. The van der Waals surface area contributed by atoms with Gasteiger partial charge in [0.05, 0.1) is 26.2 Å². The Kier molecular flexibility index (Phi) is 11.9. The molecule has 0 saturated carbocycles. The van der Waals surface area contributed by atoms with Gasteiger partial charge in [-0.25, -0.2) is 8.78 Å². The Morgan fingerprint density at radius 3 is 2.22 bits per heavy atom. The number of nitrogens with zero attached hydrogens (tertiary/aromatic N) is 2. The Morgan fingerprint density at radius 2 is 1.67 bits per heavy atom. The molecule has 0 fully saturated rings. The molecular weight excluding hydrogens is 548 g/mol. The predicted octanol–water partition coefficient (Wildman–Crippen LogP) is 3.50. The van der Waals surface area contributed by atoms with Gasteiger partial charge in [0.1, 0.15) is 11.6 Å². The van der Waals surface area contributed by atoms with Crippen molar-refractivity contribution in [3.63, 3.8) is 0 Å². The number of nitrogens with two attached hydrogens (primary N) is 1. The van der Waals surface area contributed by atoms with E-state index in [1.165, 1.54) is 12.1 Å². The van der Waals surface area contributed by atoms with Gasteiger partial charge in [-0.3, -0.25) is 5.10 Å². The molecule has 0 aliphatic rings. The average Bonchev–Trinajstić information content (AvgIpc) is 3.06. The van der Waals surface area contributed by atoms with Gasteiger partial charge in [-0.15, -0.1) is 5.34 Å². The number of aromatic nitrogens is 2. The van der Waals surface area contributed by atoms with Crippen molar-refractivity contribution in [2.24, 2.45) is 5.34 Å². The Balaban J connectivity index is 0.000000426. The van der Waals surface area contributed by atoms with Gasteiger partial charge in [0, 0.05) is 21.6 Å². The monoisotopic (exact) mass is 554 g/mol. The fourth-order valence-corrected chi connectivity index (χ4v) is 2.97. The minimum atomic E-state index is -0.498. The van der Waals surface area contributed by atoms with E-state index in [0.29, 0.717) is 20.1 Å². The van der Waals surface area contributed by atoms with Crippen molar-refractivity contribution in [1.29, 1.82) is 0 Å². The first-order chi connectivity index (χ1) is 12.1. The maximum Gasteiger partial charge on any atom is 1.00 e. The van der Waals surface area contributed by atoms with Crippen LogP contribution in [0.3, 0.4) is 0 Å². The van der Waals surface area contributed by atoms with Crippen LogP contribution in [0.4, 0.5) is 14.5 Å². The summed E-state index contributed by atoms with van der Waals surface area (Å²) >= 11 is 17.5. The smallest absolute Gasteiger partial charge is 0.444 e. The Bertz CT molecular complexity index is 921. The van der Waals surface area contributed by atoms with E-state index >= 15 is 0 Å². The topological polar surface area (TPSA) is 107 Å². The molecule has 3 aromatic rings. The molecule has 0 atom stereocenters. The number of rotatable bonds is 0. The van der Waals surface area contributed by atoms with E-state index in [0.717, 1.165) is 16.3 Å². The van der Waals surface area contributed by atoms with E-state index < -0.39 is 11.6 Å². The predicted molar refractivity (Wildman–Crippen MR) is 106 cm³/mol. The second kappa shape index (κ2) is 12.2. The second-order valence-electron chi connectivity index (χ2n) is 4.59. The third kappa shape index (κ3) is 6.81. The number of aromatic amines is 1. The Hall–Kier alpha value is -0.490. The molecule has 6 nitrogen and oxygen atoms in total. The fraction of sp³-hybridized carbons (Fsp3) is 0.0714. The normalized spacial score (nSPS) is 9.44. The zero-order valence-electron chi connectivity index (χ0n) is 13.8. The van der Waals surface area contributed by atoms with Gasteiger partial charge in [-0.1, -0.05) is 23.2 Å². The molecule has 1 aromatic heterocycles. The molecule has 3 N–H and O–H groups in total. The molecule has 0 unspecified atom stereocenters. The summed E-state index contributed by atoms with van der Waals surface area (Å²) in [5.74, 6) is -0.957. The van der Waals surface area contributed by atoms with Crippen LogP contribution >= 0.6 is 55.1 Å². The van der Waals surface area contributed by atoms with E-state index in [1.807, 2.05) is 0 Å². The van der Waals surface area contributed by atoms with Gasteiger partial charge in [0.25, 0.3) is 0 Å². The number of nitrogen functional groups attached to an aromatic ring is 1. The van der Waals surface area contributed by atoms with Gasteiger partial charge >= 0.3 is 29.6 Å². The van der Waals surface area contributed by atoms with Gasteiger partial charge < -0.3 is 15.8 Å². The van der Waals surface area contributed by atoms with Crippen LogP contribution in [0.5, 0.6) is 0 Å². The first-order valence-electron chi connectivity index (χ1n) is 6.46. The molecular formula is C14H9Br2Cl2F2N4NaO2. The number of hydrogen-bond donors (Lipinski definition) is 2. The zero-order valence-corrected chi connectivity index (χ0v) is 20.5. The maximum absolute atomic E-state index is 13.0. The van der Waals surface area contributed by atoms with Crippen LogP contribution < -0.4 is 35.3 Å². The molecule has 0 amide bonds. The van der Waals surface area contributed by atoms with Crippen LogP contribution in [0.1, 0.15) is 5.56 Å². The van der Waals surface area contributed by atoms with Crippen molar-refractivity contribution in [3.05, 3.63) is 64.6 Å². The van der Waals surface area contributed by atoms with Gasteiger partial charge in [-0.2, -0.15) is 5.10 Å². The van der Waals surface area contributed by atoms with E-state index in [4.69, 9.17) is 39.0 Å². The third-order valence-electron chi connectivity index (χ3n) is 3.03. The van der Waals surface area contributed by atoms with Crippen LogP contribution in [0.25, 0.3) is 10.9 Å². The van der Waals surface area contributed by atoms with E-state index in [1.54, 1.807) is 13.1 Å². The number of halogens is 6. The second-order valence-corrected chi connectivity index (χ2v) is 6.93. The molecule has 0 bridgehead atoms. The number of anilines is 1. The van der Waals surface area contributed by atoms with Gasteiger partial charge in [-0.05, 0) is 50.4 Å². The molecule has 3 rings (SSSR count). The van der Waals surface area contributed by atoms with Crippen molar-refractivity contribution in [2.45, 2.75) is 6.92 Å². The molecule has 0 spiro atoms. The molecule has 1 heterocycles. The SMILES string of the molecule is Cc1c(N)cc(F)c(Cl)c1Br.Fc1cc2[nH]ncc2c(Br)c1Cl.O=N[O-].[Na+]. The summed E-state index contributed by atoms with van der Waals surface area (Å²) in [6, 6.07) is 2.53. The number of benzene rings is 2. The largest absolute Gasteiger partial charge is 1.00 e. The van der Waals surface area contributed by atoms with Crippen LogP contribution in [0.2, 0.25) is 10.0 Å². The number of hydrogen-bond acceptors (Lipinski definition) is 5. The molecule has 0 saturated heterocycles. The minimum Gasteiger partial charge on any atom is -0.444 e. The molecule has 0 aliphatic heterocycles. The van der Waals surface area contributed by atoms with E-state index in [9.17, 15) is 8.78 Å². The summed E-state index contributed by atoms with van der Waals surface area (Å²) < 4.78 is 26.8. The van der Waals surface area contributed by atoms with Crippen molar-refractivity contribution in [3.8, 4) is 0 Å². The van der Waals surface area contributed by atoms with Crippen LogP contribution in [-0.4, -0.2) is 10.2 Å². The van der Waals surface area contributed by atoms with Gasteiger partial charge in [0.15, 0.2) is 0 Å². The van der Waals surface area contributed by atoms with Crippen molar-refractivity contribution >= 4 is 71.7 Å². The summed E-state index contributed by atoms with van der Waals surface area (Å²) in [5, 5.41) is 16.4. The Morgan fingerprint density at radius 1 is 1.19 bits per heavy atom. The molecule has 2 aromatic carbocycles. The first kappa shape index (κ1) is 26.5. The number of nitrogens with one attached hydrogen (secondary N) is 1. The molecule has 140 valence electrons. The molecule has 0 radical (unpaired) electrons. The molecule has 13 heteroatoms. The number of H-pyrrole nitrogens is 1. The number of fused-ring (bicyclic) bond motifs is 1. The van der Waals surface area contributed by atoms with Crippen molar-refractivity contribution in [1.82, 2.24) is 10.2 Å². The quantitative estimate of drug-likeness (QED) is 0.145. The van der Waals surface area contributed by atoms with Crippen LogP contribution in [-0.2, 0) is 0 Å². The third-order valence-corrected chi connectivity index (χ3v) is 6.04. The minimum absolute atomic E-state index is 0. The van der Waals surface area contributed by atoms with Gasteiger partial charge in [0.2, 0.25) is 0 Å². The molecule has 0 aliphatic carbocycles. The summed E-state index contributed by atoms with van der Waals surface area (Å²) in [6.07, 6.45) is 1.59. The summed E-state index contributed by atoms with van der Waals surface area (Å²) in [7, 11) is 0. The summed E-state index contributed by atoms with van der Waals surface area (Å²) in [4.78, 5) is 8.00. The maximum atomic E-state index is 13.0. The van der Waals surface area contributed by atoms with E-state index in [2.05, 4.69) is 42.1 Å². The summed E-state index contributed by atoms with van der Waals surface area (Å²) in [6.45, 7) is 1.77. The first-order valence-corrected chi connectivity index (χ1v) is 8.80. The fourth-order valence-electron chi connectivity index (χ4n) is 1.70. The van der Waals surface area contributed by atoms with Crippen LogP contribution in [0, 0.1) is 28.7 Å². The molecule has 27 heavy (non-hydrogen) atoms. The average molecular weight is 557 g/mol. The summed E-state index contributed by atoms with van der Waals surface area (Å²) in [5.41, 5.74) is 7.25. The van der Waals surface area contributed by atoms with Crippen LogP contribution in [0.15, 0.2) is 32.6 Å². The van der Waals surface area contributed by atoms with Crippen molar-refractivity contribution < 1.29 is 38.3 Å². The van der Waals surface area contributed by atoms with Crippen molar-refractivity contribution in [2.75, 3.05) is 5.73 Å².